The molecule has 0 bridgehead atoms. The van der Waals surface area contributed by atoms with E-state index < -0.39 is 22.7 Å². The topological polar surface area (TPSA) is 37.3 Å². The monoisotopic (exact) mass is 192 g/mol. The highest BCUT2D eigenvalue weighted by molar-refractivity contribution is 7.79. The quantitative estimate of drug-likeness (QED) is 0.689. The third-order valence-corrected chi connectivity index (χ3v) is 2.22. The number of benzene rings is 1. The molecule has 1 atom stereocenters. The van der Waals surface area contributed by atoms with Gasteiger partial charge in [0.2, 0.25) is 0 Å². The molecule has 5 heteroatoms. The summed E-state index contributed by atoms with van der Waals surface area (Å²) in [6.07, 6.45) is 0. The molecule has 12 heavy (non-hydrogen) atoms. The molecule has 1 aromatic rings. The Labute approximate surface area is 70.5 Å². The van der Waals surface area contributed by atoms with E-state index in [2.05, 4.69) is 0 Å². The van der Waals surface area contributed by atoms with Crippen LogP contribution in [0.2, 0.25) is 0 Å². The van der Waals surface area contributed by atoms with E-state index in [1.54, 1.807) is 0 Å². The Morgan fingerprint density at radius 3 is 2.33 bits per heavy atom. The first kappa shape index (κ1) is 9.28. The summed E-state index contributed by atoms with van der Waals surface area (Å²) in [6, 6.07) is 1.61. The normalized spacial score (nSPS) is 13.0. The van der Waals surface area contributed by atoms with Gasteiger partial charge < -0.3 is 4.55 Å². The second-order valence-corrected chi connectivity index (χ2v) is 3.22. The fourth-order valence-electron chi connectivity index (χ4n) is 0.816. The number of halogens is 2. The van der Waals surface area contributed by atoms with Crippen LogP contribution in [0.5, 0.6) is 0 Å². The van der Waals surface area contributed by atoms with E-state index in [-0.39, 0.29) is 10.5 Å². The molecule has 0 saturated carbocycles. The highest BCUT2D eigenvalue weighted by Gasteiger charge is 2.10. The van der Waals surface area contributed by atoms with Crippen molar-refractivity contribution in [3.05, 3.63) is 29.3 Å². The molecular formula is C7H6F2O2S. The van der Waals surface area contributed by atoms with Crippen molar-refractivity contribution >= 4 is 11.1 Å². The van der Waals surface area contributed by atoms with Crippen molar-refractivity contribution in [1.29, 1.82) is 0 Å². The van der Waals surface area contributed by atoms with Gasteiger partial charge in [0.15, 0.2) is 22.7 Å². The maximum Gasteiger partial charge on any atom is 0.186 e. The third-order valence-electron chi connectivity index (χ3n) is 1.41. The first-order valence-electron chi connectivity index (χ1n) is 3.09. The maximum absolute atomic E-state index is 12.5. The molecule has 2 nitrogen and oxygen atoms in total. The fraction of sp³-hybridized carbons (Fsp3) is 0.143. The zero-order chi connectivity index (χ0) is 9.30. The Hall–Kier alpha value is -0.810. The van der Waals surface area contributed by atoms with E-state index in [1.165, 1.54) is 6.92 Å². The largest absolute Gasteiger partial charge is 0.302 e. The highest BCUT2D eigenvalue weighted by Crippen LogP contribution is 2.16. The molecule has 1 unspecified atom stereocenters. The maximum atomic E-state index is 12.5. The summed E-state index contributed by atoms with van der Waals surface area (Å²) in [5, 5.41) is 0. The number of hydrogen-bond donors (Lipinski definition) is 1. The van der Waals surface area contributed by atoms with E-state index in [0.29, 0.717) is 0 Å². The van der Waals surface area contributed by atoms with Crippen molar-refractivity contribution in [2.45, 2.75) is 11.8 Å². The molecule has 0 saturated heterocycles. The zero-order valence-corrected chi connectivity index (χ0v) is 6.99. The Morgan fingerprint density at radius 1 is 1.33 bits per heavy atom. The molecule has 1 N–H and O–H groups in total. The Bertz CT molecular complexity index is 338. The van der Waals surface area contributed by atoms with Gasteiger partial charge in [0.05, 0.1) is 4.90 Å². The van der Waals surface area contributed by atoms with Gasteiger partial charge in [-0.15, -0.1) is 0 Å². The second kappa shape index (κ2) is 3.28. The van der Waals surface area contributed by atoms with E-state index in [4.69, 9.17) is 4.55 Å². The molecule has 0 amide bonds. The molecular weight excluding hydrogens is 186 g/mol. The van der Waals surface area contributed by atoms with Crippen molar-refractivity contribution < 1.29 is 17.5 Å². The van der Waals surface area contributed by atoms with Crippen LogP contribution >= 0.6 is 0 Å². The highest BCUT2D eigenvalue weighted by atomic mass is 32.2. The van der Waals surface area contributed by atoms with Gasteiger partial charge in [-0.1, -0.05) is 0 Å². The molecule has 0 aliphatic heterocycles. The van der Waals surface area contributed by atoms with Crippen LogP contribution in [-0.4, -0.2) is 8.76 Å². The van der Waals surface area contributed by atoms with Crippen molar-refractivity contribution in [2.24, 2.45) is 0 Å². The molecule has 1 rings (SSSR count). The van der Waals surface area contributed by atoms with E-state index >= 15 is 0 Å². The van der Waals surface area contributed by atoms with E-state index in [1.807, 2.05) is 0 Å². The molecule has 0 heterocycles. The molecule has 1 aromatic carbocycles. The van der Waals surface area contributed by atoms with Crippen molar-refractivity contribution in [3.8, 4) is 0 Å². The summed E-state index contributed by atoms with van der Waals surface area (Å²) in [5.41, 5.74) is 0.259. The second-order valence-electron chi connectivity index (χ2n) is 2.28. The van der Waals surface area contributed by atoms with Crippen LogP contribution in [0, 0.1) is 18.6 Å². The molecule has 66 valence electrons. The minimum absolute atomic E-state index is 0.103. The first-order chi connectivity index (χ1) is 5.52. The molecule has 0 spiro atoms. The zero-order valence-electron chi connectivity index (χ0n) is 6.17. The predicted molar refractivity (Wildman–Crippen MR) is 40.1 cm³/mol. The number of rotatable bonds is 1. The molecule has 0 aromatic heterocycles. The standard InChI is InChI=1S/C7H6F2O2S/c1-4-2-5(8)6(9)3-7(4)12(10)11/h2-3H,1H3,(H,10,11). The summed E-state index contributed by atoms with van der Waals surface area (Å²) in [6.45, 7) is 1.44. The van der Waals surface area contributed by atoms with Gasteiger partial charge in [0.25, 0.3) is 0 Å². The average Bonchev–Trinajstić information content (AvgIpc) is 1.96. The van der Waals surface area contributed by atoms with Gasteiger partial charge in [-0.25, -0.2) is 13.0 Å². The van der Waals surface area contributed by atoms with Crippen molar-refractivity contribution in [3.63, 3.8) is 0 Å². The van der Waals surface area contributed by atoms with Gasteiger partial charge in [-0.05, 0) is 24.6 Å². The predicted octanol–water partition coefficient (Wildman–Crippen LogP) is 1.85. The van der Waals surface area contributed by atoms with Crippen LogP contribution in [0.25, 0.3) is 0 Å². The number of aryl methyl sites for hydroxylation is 1. The average molecular weight is 192 g/mol. The lowest BCUT2D eigenvalue weighted by Gasteiger charge is -2.00. The van der Waals surface area contributed by atoms with Crippen LogP contribution in [0.15, 0.2) is 17.0 Å². The van der Waals surface area contributed by atoms with Crippen molar-refractivity contribution in [2.75, 3.05) is 0 Å². The van der Waals surface area contributed by atoms with Gasteiger partial charge in [0.1, 0.15) is 0 Å². The third kappa shape index (κ3) is 1.67. The molecule has 0 radical (unpaired) electrons. The lowest BCUT2D eigenvalue weighted by molar-refractivity contribution is 0.502. The summed E-state index contributed by atoms with van der Waals surface area (Å²) >= 11 is -2.27. The van der Waals surface area contributed by atoms with Gasteiger partial charge in [-0.3, -0.25) is 0 Å². The SMILES string of the molecule is Cc1cc(F)c(F)cc1S(=O)O. The summed E-state index contributed by atoms with van der Waals surface area (Å²) in [7, 11) is 0. The summed E-state index contributed by atoms with van der Waals surface area (Å²) < 4.78 is 44.1. The van der Waals surface area contributed by atoms with Gasteiger partial charge >= 0.3 is 0 Å². The van der Waals surface area contributed by atoms with Crippen LogP contribution in [0.1, 0.15) is 5.56 Å². The van der Waals surface area contributed by atoms with Crippen LogP contribution < -0.4 is 0 Å². The van der Waals surface area contributed by atoms with E-state index in [9.17, 15) is 13.0 Å². The minimum Gasteiger partial charge on any atom is -0.302 e. The minimum atomic E-state index is -2.27. The Morgan fingerprint density at radius 2 is 1.83 bits per heavy atom. The van der Waals surface area contributed by atoms with Crippen molar-refractivity contribution in [1.82, 2.24) is 0 Å². The summed E-state index contributed by atoms with van der Waals surface area (Å²) in [5.74, 6) is -2.13. The van der Waals surface area contributed by atoms with Crippen LogP contribution in [-0.2, 0) is 11.1 Å². The molecule has 0 aliphatic rings. The summed E-state index contributed by atoms with van der Waals surface area (Å²) in [4.78, 5) is -0.103. The Kier molecular flexibility index (Phi) is 2.54. The number of hydrogen-bond acceptors (Lipinski definition) is 1. The lowest BCUT2D eigenvalue weighted by Crippen LogP contribution is -1.96. The lowest BCUT2D eigenvalue weighted by atomic mass is 10.2. The van der Waals surface area contributed by atoms with Crippen LogP contribution in [0.4, 0.5) is 8.78 Å². The Balaban J connectivity index is 3.33. The van der Waals surface area contributed by atoms with E-state index in [0.717, 1.165) is 12.1 Å². The van der Waals surface area contributed by atoms with Gasteiger partial charge in [-0.2, -0.15) is 0 Å². The molecule has 0 aliphatic carbocycles. The van der Waals surface area contributed by atoms with Crippen LogP contribution in [0.3, 0.4) is 0 Å². The first-order valence-corrected chi connectivity index (χ1v) is 4.19. The molecule has 0 fully saturated rings. The smallest absolute Gasteiger partial charge is 0.186 e. The fourth-order valence-corrected chi connectivity index (χ4v) is 1.35. The van der Waals surface area contributed by atoms with Gasteiger partial charge in [0, 0.05) is 0 Å².